The van der Waals surface area contributed by atoms with E-state index in [2.05, 4.69) is 14.7 Å². The highest BCUT2D eigenvalue weighted by Crippen LogP contribution is 2.27. The maximum absolute atomic E-state index is 13.4. The number of nitrogen functional groups attached to an aromatic ring is 1. The van der Waals surface area contributed by atoms with Gasteiger partial charge >= 0.3 is 6.03 Å². The van der Waals surface area contributed by atoms with Crippen LogP contribution in [-0.2, 0) is 11.3 Å². The number of aromatic nitrogens is 1. The number of amides is 2. The Balaban J connectivity index is 1.40. The molecule has 8 nitrogen and oxygen atoms in total. The van der Waals surface area contributed by atoms with E-state index >= 15 is 0 Å². The van der Waals surface area contributed by atoms with Gasteiger partial charge in [0.1, 0.15) is 5.84 Å². The maximum atomic E-state index is 13.4. The van der Waals surface area contributed by atoms with Crippen molar-refractivity contribution in [2.24, 2.45) is 17.6 Å². The van der Waals surface area contributed by atoms with Gasteiger partial charge in [0.05, 0.1) is 6.61 Å². The first-order chi connectivity index (χ1) is 15.5. The van der Waals surface area contributed by atoms with Gasteiger partial charge in [0.15, 0.2) is 0 Å². The first-order valence-corrected chi connectivity index (χ1v) is 12.0. The SMILES string of the molecule is COCC1CN(CC2CCN(Cc3cnsc3)CC2)C(=O)N(c2cccc(C(=N)N)c2)C1. The summed E-state index contributed by atoms with van der Waals surface area (Å²) >= 11 is 1.50. The molecule has 0 spiro atoms. The average molecular weight is 457 g/mol. The van der Waals surface area contributed by atoms with Crippen LogP contribution in [0.5, 0.6) is 0 Å². The topological polar surface area (TPSA) is 98.8 Å². The molecule has 1 aromatic carbocycles. The molecule has 2 aromatic rings. The Morgan fingerprint density at radius 3 is 2.78 bits per heavy atom. The molecule has 32 heavy (non-hydrogen) atoms. The third-order valence-electron chi connectivity index (χ3n) is 6.37. The van der Waals surface area contributed by atoms with Crippen LogP contribution in [0.4, 0.5) is 10.5 Å². The molecule has 2 fully saturated rings. The van der Waals surface area contributed by atoms with Crippen molar-refractivity contribution in [2.75, 3.05) is 51.3 Å². The van der Waals surface area contributed by atoms with Gasteiger partial charge in [0, 0.05) is 62.0 Å². The van der Waals surface area contributed by atoms with E-state index in [1.54, 1.807) is 13.2 Å². The summed E-state index contributed by atoms with van der Waals surface area (Å²) in [5.41, 5.74) is 8.37. The van der Waals surface area contributed by atoms with Crippen molar-refractivity contribution >= 4 is 29.1 Å². The highest BCUT2D eigenvalue weighted by Gasteiger charge is 2.34. The molecule has 1 atom stereocenters. The lowest BCUT2D eigenvalue weighted by atomic mass is 9.95. The summed E-state index contributed by atoms with van der Waals surface area (Å²) in [6.07, 6.45) is 4.14. The second kappa shape index (κ2) is 10.4. The Morgan fingerprint density at radius 2 is 2.09 bits per heavy atom. The number of carbonyl (C=O) groups is 1. The number of rotatable bonds is 8. The summed E-state index contributed by atoms with van der Waals surface area (Å²) in [5.74, 6) is 0.749. The second-order valence-electron chi connectivity index (χ2n) is 8.84. The number of ether oxygens (including phenoxy) is 1. The van der Waals surface area contributed by atoms with Crippen LogP contribution in [0.25, 0.3) is 0 Å². The Bertz CT molecular complexity index is 913. The molecule has 1 aromatic heterocycles. The monoisotopic (exact) mass is 456 g/mol. The molecule has 2 saturated heterocycles. The number of nitrogens with two attached hydrogens (primary N) is 1. The smallest absolute Gasteiger partial charge is 0.324 e. The number of anilines is 1. The van der Waals surface area contributed by atoms with Crippen LogP contribution in [0, 0.1) is 17.2 Å². The van der Waals surface area contributed by atoms with Gasteiger partial charge in [0.2, 0.25) is 0 Å². The predicted molar refractivity (Wildman–Crippen MR) is 127 cm³/mol. The molecular weight excluding hydrogens is 424 g/mol. The Hall–Kier alpha value is -2.49. The van der Waals surface area contributed by atoms with E-state index in [0.29, 0.717) is 24.6 Å². The maximum Gasteiger partial charge on any atom is 0.324 e. The van der Waals surface area contributed by atoms with E-state index in [-0.39, 0.29) is 17.8 Å². The van der Waals surface area contributed by atoms with Gasteiger partial charge in [-0.05, 0) is 61.1 Å². The minimum atomic E-state index is 0.00611. The molecule has 0 bridgehead atoms. The fourth-order valence-corrected chi connectivity index (χ4v) is 5.24. The van der Waals surface area contributed by atoms with Gasteiger partial charge in [0.25, 0.3) is 0 Å². The molecule has 2 aliphatic heterocycles. The van der Waals surface area contributed by atoms with E-state index < -0.39 is 0 Å². The van der Waals surface area contributed by atoms with Crippen LogP contribution in [0.2, 0.25) is 0 Å². The molecule has 1 unspecified atom stereocenters. The molecule has 172 valence electrons. The van der Waals surface area contributed by atoms with Gasteiger partial charge in [-0.3, -0.25) is 15.2 Å². The number of carbonyl (C=O) groups excluding carboxylic acids is 1. The molecule has 3 heterocycles. The lowest BCUT2D eigenvalue weighted by Crippen LogP contribution is -2.56. The lowest BCUT2D eigenvalue weighted by Gasteiger charge is -2.42. The van der Waals surface area contributed by atoms with Crippen LogP contribution in [0.15, 0.2) is 35.8 Å². The number of piperidine rings is 1. The molecule has 0 saturated carbocycles. The number of likely N-dealkylation sites (tertiary alicyclic amines) is 1. The van der Waals surface area contributed by atoms with Crippen LogP contribution in [0.3, 0.4) is 0 Å². The van der Waals surface area contributed by atoms with Crippen molar-refractivity contribution in [1.82, 2.24) is 14.2 Å². The van der Waals surface area contributed by atoms with Crippen molar-refractivity contribution < 1.29 is 9.53 Å². The standard InChI is InChI=1S/C23H32N6O2S/c1-31-15-19-13-28(12-17-5-7-27(8-6-17)11-18-10-26-32-16-18)23(30)29(14-19)21-4-2-3-20(9-21)22(24)25/h2-4,9-10,16-17,19H,5-8,11-15H2,1H3,(H3,24,25). The Kier molecular flexibility index (Phi) is 7.39. The summed E-state index contributed by atoms with van der Waals surface area (Å²) < 4.78 is 9.63. The quantitative estimate of drug-likeness (QED) is 0.470. The number of hydrogen-bond donors (Lipinski definition) is 2. The molecule has 4 rings (SSSR count). The number of methoxy groups -OCH3 is 1. The summed E-state index contributed by atoms with van der Waals surface area (Å²) in [5, 5.41) is 9.84. The van der Waals surface area contributed by atoms with E-state index in [9.17, 15) is 4.79 Å². The normalized spacial score (nSPS) is 20.7. The molecular formula is C23H32N6O2S. The van der Waals surface area contributed by atoms with Gasteiger partial charge in [-0.1, -0.05) is 12.1 Å². The van der Waals surface area contributed by atoms with E-state index in [0.717, 1.165) is 51.3 Å². The average Bonchev–Trinajstić information content (AvgIpc) is 3.30. The van der Waals surface area contributed by atoms with Gasteiger partial charge in [-0.25, -0.2) is 9.17 Å². The molecule has 0 radical (unpaired) electrons. The van der Waals surface area contributed by atoms with Crippen LogP contribution >= 0.6 is 11.5 Å². The van der Waals surface area contributed by atoms with Crippen molar-refractivity contribution in [2.45, 2.75) is 19.4 Å². The first-order valence-electron chi connectivity index (χ1n) is 11.1. The van der Waals surface area contributed by atoms with Crippen molar-refractivity contribution in [3.63, 3.8) is 0 Å². The number of nitrogens with one attached hydrogen (secondary N) is 1. The number of hydrogen-bond acceptors (Lipinski definition) is 6. The van der Waals surface area contributed by atoms with Crippen molar-refractivity contribution in [3.8, 4) is 0 Å². The zero-order valence-electron chi connectivity index (χ0n) is 18.6. The largest absolute Gasteiger partial charge is 0.384 e. The van der Waals surface area contributed by atoms with Crippen LogP contribution in [-0.4, -0.2) is 72.5 Å². The zero-order valence-corrected chi connectivity index (χ0v) is 19.4. The van der Waals surface area contributed by atoms with Gasteiger partial charge in [-0.2, -0.15) is 0 Å². The summed E-state index contributed by atoms with van der Waals surface area (Å²) in [6.45, 7) is 5.77. The minimum absolute atomic E-state index is 0.00611. The van der Waals surface area contributed by atoms with E-state index in [4.69, 9.17) is 15.9 Å². The molecule has 2 aliphatic rings. The van der Waals surface area contributed by atoms with E-state index in [1.165, 1.54) is 17.1 Å². The predicted octanol–water partition coefficient (Wildman–Crippen LogP) is 2.84. The third kappa shape index (κ3) is 5.46. The Morgan fingerprint density at radius 1 is 1.28 bits per heavy atom. The highest BCUT2D eigenvalue weighted by molar-refractivity contribution is 7.03. The molecule has 0 aliphatic carbocycles. The molecule has 9 heteroatoms. The summed E-state index contributed by atoms with van der Waals surface area (Å²) in [6, 6.07) is 7.42. The lowest BCUT2D eigenvalue weighted by molar-refractivity contribution is 0.0986. The molecule has 2 amide bonds. The summed E-state index contributed by atoms with van der Waals surface area (Å²) in [4.78, 5) is 19.7. The fourth-order valence-electron chi connectivity index (χ4n) is 4.71. The number of amidine groups is 1. The molecule has 3 N–H and O–H groups in total. The third-order valence-corrected chi connectivity index (χ3v) is 7.00. The van der Waals surface area contributed by atoms with Gasteiger partial charge < -0.3 is 15.4 Å². The number of benzene rings is 1. The van der Waals surface area contributed by atoms with Crippen molar-refractivity contribution in [3.05, 3.63) is 47.0 Å². The first kappa shape index (κ1) is 22.7. The van der Waals surface area contributed by atoms with Gasteiger partial charge in [-0.15, -0.1) is 0 Å². The Labute approximate surface area is 193 Å². The minimum Gasteiger partial charge on any atom is -0.384 e. The second-order valence-corrected chi connectivity index (χ2v) is 9.49. The number of nitrogens with zero attached hydrogens (tertiary/aromatic N) is 4. The van der Waals surface area contributed by atoms with Crippen LogP contribution in [0.1, 0.15) is 24.0 Å². The van der Waals surface area contributed by atoms with Crippen molar-refractivity contribution in [1.29, 1.82) is 5.41 Å². The number of urea groups is 1. The highest BCUT2D eigenvalue weighted by atomic mass is 32.1. The fraction of sp³-hybridized carbons (Fsp3) is 0.522. The van der Waals surface area contributed by atoms with Crippen LogP contribution < -0.4 is 10.6 Å². The van der Waals surface area contributed by atoms with E-state index in [1.807, 2.05) is 34.2 Å². The summed E-state index contributed by atoms with van der Waals surface area (Å²) in [7, 11) is 1.71. The zero-order chi connectivity index (χ0) is 22.5.